The second-order valence-electron chi connectivity index (χ2n) is 12.0. The van der Waals surface area contributed by atoms with Crippen molar-refractivity contribution in [1.82, 2.24) is 15.0 Å². The zero-order valence-corrected chi connectivity index (χ0v) is 26.1. The molecular weight excluding hydrogens is 583 g/mol. The minimum absolute atomic E-state index is 0.677. The van der Waals surface area contributed by atoms with Gasteiger partial charge >= 0.3 is 0 Å². The maximum Gasteiger partial charge on any atom is 0.160 e. The zero-order chi connectivity index (χ0) is 31.9. The molecule has 0 aliphatic heterocycles. The third-order valence-electron chi connectivity index (χ3n) is 9.07. The van der Waals surface area contributed by atoms with Crippen LogP contribution in [0.3, 0.4) is 0 Å². The van der Waals surface area contributed by atoms with Gasteiger partial charge in [0.15, 0.2) is 5.82 Å². The van der Waals surface area contributed by atoms with E-state index in [9.17, 15) is 0 Å². The molecule has 9 aromatic rings. The Labute approximate surface area is 278 Å². The lowest BCUT2D eigenvalue weighted by Crippen LogP contribution is -1.97. The van der Waals surface area contributed by atoms with Gasteiger partial charge < -0.3 is 0 Å². The first-order valence-corrected chi connectivity index (χ1v) is 16.2. The molecule has 9 rings (SSSR count). The van der Waals surface area contributed by atoms with Gasteiger partial charge in [-0.15, -0.1) is 0 Å². The van der Waals surface area contributed by atoms with E-state index >= 15 is 0 Å². The Balaban J connectivity index is 1.21. The van der Waals surface area contributed by atoms with Crippen LogP contribution in [0.1, 0.15) is 0 Å². The number of fused-ring (bicyclic) bond motifs is 5. The normalized spacial score (nSPS) is 11.3. The minimum atomic E-state index is 0.677. The molecule has 0 unspecified atom stereocenters. The Morgan fingerprint density at radius 1 is 0.312 bits per heavy atom. The standard InChI is InChI=1S/C45H29N3/c1-3-12-30(13-4-1)31-22-24-34(25-23-31)42-29-41(33-15-5-2-6-16-33)47-45(48-42)36-18-11-17-35(28-36)44-39-27-26-32-14-7-8-19-37(32)43(39)38-20-9-10-21-40(38)46-44/h1-29H. The number of hydrogen-bond donors (Lipinski definition) is 0. The van der Waals surface area contributed by atoms with Gasteiger partial charge in [-0.1, -0.05) is 158 Å². The van der Waals surface area contributed by atoms with Crippen molar-refractivity contribution in [3.8, 4) is 56.3 Å². The average molecular weight is 612 g/mol. The number of aromatic nitrogens is 3. The van der Waals surface area contributed by atoms with Crippen molar-refractivity contribution in [3.63, 3.8) is 0 Å². The van der Waals surface area contributed by atoms with E-state index in [0.29, 0.717) is 5.82 Å². The molecule has 7 aromatic carbocycles. The summed E-state index contributed by atoms with van der Waals surface area (Å²) in [6, 6.07) is 61.4. The quantitative estimate of drug-likeness (QED) is 0.182. The Morgan fingerprint density at radius 3 is 1.65 bits per heavy atom. The van der Waals surface area contributed by atoms with E-state index in [1.54, 1.807) is 0 Å². The first-order chi connectivity index (χ1) is 23.8. The van der Waals surface area contributed by atoms with Gasteiger partial charge in [-0.2, -0.15) is 0 Å². The fourth-order valence-corrected chi connectivity index (χ4v) is 6.69. The number of nitrogens with zero attached hydrogens (tertiary/aromatic N) is 3. The van der Waals surface area contributed by atoms with Crippen molar-refractivity contribution in [3.05, 3.63) is 176 Å². The van der Waals surface area contributed by atoms with E-state index in [-0.39, 0.29) is 0 Å². The van der Waals surface area contributed by atoms with Crippen LogP contribution in [0.2, 0.25) is 0 Å². The molecule has 0 fully saturated rings. The summed E-state index contributed by atoms with van der Waals surface area (Å²) in [5.41, 5.74) is 10.1. The van der Waals surface area contributed by atoms with Crippen molar-refractivity contribution in [2.24, 2.45) is 0 Å². The van der Waals surface area contributed by atoms with Gasteiger partial charge in [0, 0.05) is 38.4 Å². The Hall–Kier alpha value is -6.45. The van der Waals surface area contributed by atoms with E-state index in [4.69, 9.17) is 15.0 Å². The highest BCUT2D eigenvalue weighted by molar-refractivity contribution is 6.22. The van der Waals surface area contributed by atoms with E-state index in [1.807, 2.05) is 24.3 Å². The molecule has 0 aliphatic rings. The fourth-order valence-electron chi connectivity index (χ4n) is 6.69. The van der Waals surface area contributed by atoms with E-state index in [2.05, 4.69) is 152 Å². The molecule has 0 amide bonds. The number of benzene rings is 7. The first-order valence-electron chi connectivity index (χ1n) is 16.2. The van der Waals surface area contributed by atoms with Crippen LogP contribution in [0.5, 0.6) is 0 Å². The second-order valence-corrected chi connectivity index (χ2v) is 12.0. The maximum atomic E-state index is 5.24. The molecular formula is C45H29N3. The van der Waals surface area contributed by atoms with E-state index in [1.165, 1.54) is 27.3 Å². The third kappa shape index (κ3) is 4.99. The van der Waals surface area contributed by atoms with Crippen LogP contribution in [-0.4, -0.2) is 15.0 Å². The maximum absolute atomic E-state index is 5.24. The van der Waals surface area contributed by atoms with E-state index < -0.39 is 0 Å². The average Bonchev–Trinajstić information content (AvgIpc) is 3.18. The predicted octanol–water partition coefficient (Wildman–Crippen LogP) is 11.7. The van der Waals surface area contributed by atoms with Crippen LogP contribution in [-0.2, 0) is 0 Å². The van der Waals surface area contributed by atoms with Gasteiger partial charge in [0.2, 0.25) is 0 Å². The number of para-hydroxylation sites is 1. The SMILES string of the molecule is c1ccc(-c2ccc(-c3cc(-c4ccccc4)nc(-c4cccc(-c5nc6ccccc6c6c5ccc5ccccc56)c4)n3)cc2)cc1. The Morgan fingerprint density at radius 2 is 0.875 bits per heavy atom. The number of pyridine rings is 1. The molecule has 0 N–H and O–H groups in total. The number of rotatable bonds is 5. The molecule has 0 saturated heterocycles. The van der Waals surface area contributed by atoms with Gasteiger partial charge in [-0.05, 0) is 40.1 Å². The summed E-state index contributed by atoms with van der Waals surface area (Å²) in [6.45, 7) is 0. The topological polar surface area (TPSA) is 38.7 Å². The summed E-state index contributed by atoms with van der Waals surface area (Å²) in [6.07, 6.45) is 0. The molecule has 2 heterocycles. The molecule has 0 spiro atoms. The molecule has 3 heteroatoms. The summed E-state index contributed by atoms with van der Waals surface area (Å²) in [5.74, 6) is 0.677. The second kappa shape index (κ2) is 11.7. The Bertz CT molecular complexity index is 2580. The summed E-state index contributed by atoms with van der Waals surface area (Å²) in [7, 11) is 0. The summed E-state index contributed by atoms with van der Waals surface area (Å²) in [4.78, 5) is 15.5. The smallest absolute Gasteiger partial charge is 0.160 e. The molecule has 0 saturated carbocycles. The molecule has 224 valence electrons. The highest BCUT2D eigenvalue weighted by Gasteiger charge is 2.16. The van der Waals surface area contributed by atoms with Gasteiger partial charge in [0.25, 0.3) is 0 Å². The van der Waals surface area contributed by atoms with Crippen LogP contribution >= 0.6 is 0 Å². The first kappa shape index (κ1) is 27.8. The van der Waals surface area contributed by atoms with Gasteiger partial charge in [0.1, 0.15) is 0 Å². The molecule has 48 heavy (non-hydrogen) atoms. The monoisotopic (exact) mass is 611 g/mol. The van der Waals surface area contributed by atoms with Crippen LogP contribution in [0.25, 0.3) is 88.7 Å². The lowest BCUT2D eigenvalue weighted by atomic mass is 9.94. The molecule has 2 aromatic heterocycles. The van der Waals surface area contributed by atoms with Crippen LogP contribution < -0.4 is 0 Å². The van der Waals surface area contributed by atoms with Gasteiger partial charge in [-0.3, -0.25) is 0 Å². The van der Waals surface area contributed by atoms with Crippen LogP contribution in [0, 0.1) is 0 Å². The van der Waals surface area contributed by atoms with Crippen LogP contribution in [0.15, 0.2) is 176 Å². The lowest BCUT2D eigenvalue weighted by molar-refractivity contribution is 1.18. The largest absolute Gasteiger partial charge is 0.247 e. The van der Waals surface area contributed by atoms with E-state index in [0.717, 1.165) is 55.6 Å². The molecule has 0 bridgehead atoms. The molecule has 0 radical (unpaired) electrons. The summed E-state index contributed by atoms with van der Waals surface area (Å²) < 4.78 is 0. The van der Waals surface area contributed by atoms with Crippen molar-refractivity contribution >= 4 is 32.4 Å². The summed E-state index contributed by atoms with van der Waals surface area (Å²) >= 11 is 0. The third-order valence-corrected chi connectivity index (χ3v) is 9.07. The Kier molecular flexibility index (Phi) is 6.80. The van der Waals surface area contributed by atoms with Crippen molar-refractivity contribution < 1.29 is 0 Å². The molecule has 3 nitrogen and oxygen atoms in total. The highest BCUT2D eigenvalue weighted by Crippen LogP contribution is 2.38. The zero-order valence-electron chi connectivity index (χ0n) is 26.1. The minimum Gasteiger partial charge on any atom is -0.247 e. The fraction of sp³-hybridized carbons (Fsp3) is 0. The predicted molar refractivity (Wildman–Crippen MR) is 200 cm³/mol. The van der Waals surface area contributed by atoms with Crippen molar-refractivity contribution in [2.75, 3.05) is 0 Å². The lowest BCUT2D eigenvalue weighted by Gasteiger charge is -2.14. The van der Waals surface area contributed by atoms with Crippen molar-refractivity contribution in [1.29, 1.82) is 0 Å². The van der Waals surface area contributed by atoms with Crippen molar-refractivity contribution in [2.45, 2.75) is 0 Å². The molecule has 0 atom stereocenters. The number of hydrogen-bond acceptors (Lipinski definition) is 3. The van der Waals surface area contributed by atoms with Gasteiger partial charge in [-0.25, -0.2) is 15.0 Å². The molecule has 0 aliphatic carbocycles. The van der Waals surface area contributed by atoms with Crippen LogP contribution in [0.4, 0.5) is 0 Å². The highest BCUT2D eigenvalue weighted by atomic mass is 14.9. The summed E-state index contributed by atoms with van der Waals surface area (Å²) in [5, 5.41) is 5.96. The van der Waals surface area contributed by atoms with Gasteiger partial charge in [0.05, 0.1) is 22.6 Å².